The Hall–Kier alpha value is -4.17. The molecule has 1 unspecified atom stereocenters. The van der Waals surface area contributed by atoms with Gasteiger partial charge in [0.25, 0.3) is 11.7 Å². The molecule has 1 aliphatic rings. The Morgan fingerprint density at radius 3 is 1.97 bits per heavy atom. The molecule has 0 radical (unpaired) electrons. The highest BCUT2D eigenvalue weighted by Gasteiger charge is 2.47. The quantitative estimate of drug-likeness (QED) is 0.255. The maximum atomic E-state index is 13.5. The Labute approximate surface area is 219 Å². The number of carbonyl (C=O) groups is 2. The molecule has 0 saturated carbocycles. The summed E-state index contributed by atoms with van der Waals surface area (Å²) in [4.78, 5) is 28.3. The average Bonchev–Trinajstić information content (AvgIpc) is 3.17. The summed E-state index contributed by atoms with van der Waals surface area (Å²) in [6, 6.07) is 14.0. The smallest absolute Gasteiger partial charge is 0.300 e. The molecule has 1 N–H and O–H groups in total. The fourth-order valence-corrected chi connectivity index (χ4v) is 4.56. The highest BCUT2D eigenvalue weighted by atomic mass is 35.5. The molecule has 1 heterocycles. The van der Waals surface area contributed by atoms with Crippen molar-refractivity contribution in [3.8, 4) is 23.0 Å². The van der Waals surface area contributed by atoms with Gasteiger partial charge in [-0.15, -0.1) is 0 Å². The lowest BCUT2D eigenvalue weighted by molar-refractivity contribution is -0.132. The zero-order valence-corrected chi connectivity index (χ0v) is 21.8. The first kappa shape index (κ1) is 25.9. The number of anilines is 1. The zero-order valence-electron chi connectivity index (χ0n) is 21.0. The Bertz CT molecular complexity index is 1370. The van der Waals surface area contributed by atoms with Gasteiger partial charge in [0.2, 0.25) is 5.75 Å². The molecule has 0 aromatic heterocycles. The van der Waals surface area contributed by atoms with Gasteiger partial charge in [-0.1, -0.05) is 29.3 Å². The monoisotopic (exact) mass is 523 g/mol. The maximum absolute atomic E-state index is 13.5. The van der Waals surface area contributed by atoms with Crippen LogP contribution in [0.1, 0.15) is 22.7 Å². The molecule has 8 nitrogen and oxygen atoms in total. The average molecular weight is 524 g/mol. The minimum Gasteiger partial charge on any atom is -0.507 e. The van der Waals surface area contributed by atoms with Gasteiger partial charge in [-0.2, -0.15) is 0 Å². The van der Waals surface area contributed by atoms with Gasteiger partial charge in [-0.3, -0.25) is 14.5 Å². The van der Waals surface area contributed by atoms with Crippen LogP contribution >= 0.6 is 11.6 Å². The molecule has 0 aliphatic carbocycles. The molecule has 37 heavy (non-hydrogen) atoms. The van der Waals surface area contributed by atoms with Crippen LogP contribution in [0.2, 0.25) is 5.02 Å². The Kier molecular flexibility index (Phi) is 7.31. The summed E-state index contributed by atoms with van der Waals surface area (Å²) >= 11 is 6.20. The molecule has 1 atom stereocenters. The molecule has 192 valence electrons. The van der Waals surface area contributed by atoms with E-state index >= 15 is 0 Å². The van der Waals surface area contributed by atoms with E-state index < -0.39 is 23.5 Å². The topological polar surface area (TPSA) is 94.5 Å². The molecule has 9 heteroatoms. The van der Waals surface area contributed by atoms with Crippen molar-refractivity contribution in [2.24, 2.45) is 0 Å². The number of ketones is 1. The fourth-order valence-electron chi connectivity index (χ4n) is 4.39. The fraction of sp³-hybridized carbons (Fsp3) is 0.214. The number of nitrogens with zero attached hydrogens (tertiary/aromatic N) is 1. The van der Waals surface area contributed by atoms with Crippen molar-refractivity contribution in [1.29, 1.82) is 0 Å². The van der Waals surface area contributed by atoms with Gasteiger partial charge in [-0.25, -0.2) is 0 Å². The summed E-state index contributed by atoms with van der Waals surface area (Å²) in [5.74, 6) is -0.807. The molecule has 0 spiro atoms. The molecule has 4 rings (SSSR count). The molecule has 3 aromatic rings. The van der Waals surface area contributed by atoms with Crippen LogP contribution in [-0.2, 0) is 9.59 Å². The number of aliphatic hydroxyl groups excluding tert-OH is 1. The van der Waals surface area contributed by atoms with Crippen molar-refractivity contribution in [3.63, 3.8) is 0 Å². The number of aliphatic hydroxyl groups is 1. The number of carbonyl (C=O) groups excluding carboxylic acids is 2. The lowest BCUT2D eigenvalue weighted by Gasteiger charge is -2.27. The first-order chi connectivity index (χ1) is 17.7. The number of benzene rings is 3. The number of hydrogen-bond donors (Lipinski definition) is 1. The minimum atomic E-state index is -1.03. The van der Waals surface area contributed by atoms with E-state index in [0.29, 0.717) is 33.5 Å². The largest absolute Gasteiger partial charge is 0.507 e. The van der Waals surface area contributed by atoms with Crippen molar-refractivity contribution < 1.29 is 33.6 Å². The lowest BCUT2D eigenvalue weighted by Crippen LogP contribution is -2.29. The standard InChI is InChI=1S/C28H26ClNO7/c1-15-6-9-18(10-7-15)30-24(16-12-21(35-3)27(37-5)22(13-16)36-4)23(26(32)28(30)33)25(31)19-14-17(29)8-11-20(19)34-2/h6-14,24,31H,1-5H3/b25-23+. The van der Waals surface area contributed by atoms with Crippen LogP contribution in [0.5, 0.6) is 23.0 Å². The Morgan fingerprint density at radius 2 is 1.43 bits per heavy atom. The van der Waals surface area contributed by atoms with Crippen LogP contribution in [-0.4, -0.2) is 45.2 Å². The number of halogens is 1. The van der Waals surface area contributed by atoms with E-state index in [0.717, 1.165) is 5.56 Å². The van der Waals surface area contributed by atoms with Crippen LogP contribution in [0.4, 0.5) is 5.69 Å². The minimum absolute atomic E-state index is 0.139. The van der Waals surface area contributed by atoms with Crippen LogP contribution in [0, 0.1) is 6.92 Å². The Morgan fingerprint density at radius 1 is 0.838 bits per heavy atom. The molecule has 0 bridgehead atoms. The molecule has 1 amide bonds. The normalized spacial score (nSPS) is 16.6. The second-order valence-corrected chi connectivity index (χ2v) is 8.74. The van der Waals surface area contributed by atoms with E-state index in [1.54, 1.807) is 36.4 Å². The second kappa shape index (κ2) is 10.4. The number of Topliss-reactive ketones (excluding diaryl/α,β-unsaturated/α-hetero) is 1. The van der Waals surface area contributed by atoms with E-state index in [4.69, 9.17) is 30.5 Å². The highest BCUT2D eigenvalue weighted by Crippen LogP contribution is 2.47. The molecular formula is C28H26ClNO7. The number of rotatable bonds is 7. The van der Waals surface area contributed by atoms with Gasteiger partial charge in [-0.05, 0) is 55.0 Å². The van der Waals surface area contributed by atoms with Crippen molar-refractivity contribution in [3.05, 3.63) is 81.9 Å². The van der Waals surface area contributed by atoms with E-state index in [-0.39, 0.29) is 16.9 Å². The predicted octanol–water partition coefficient (Wildman–Crippen LogP) is 5.31. The van der Waals surface area contributed by atoms with Crippen molar-refractivity contribution in [2.75, 3.05) is 33.3 Å². The van der Waals surface area contributed by atoms with Gasteiger partial charge < -0.3 is 24.1 Å². The molecule has 3 aromatic carbocycles. The van der Waals surface area contributed by atoms with Gasteiger partial charge >= 0.3 is 0 Å². The number of amides is 1. The predicted molar refractivity (Wildman–Crippen MR) is 140 cm³/mol. The molecule has 1 fully saturated rings. The lowest BCUT2D eigenvalue weighted by atomic mass is 9.94. The third kappa shape index (κ3) is 4.56. The van der Waals surface area contributed by atoms with Crippen molar-refractivity contribution >= 4 is 34.7 Å². The van der Waals surface area contributed by atoms with Crippen molar-refractivity contribution in [2.45, 2.75) is 13.0 Å². The van der Waals surface area contributed by atoms with Crippen LogP contribution in [0.15, 0.2) is 60.2 Å². The highest BCUT2D eigenvalue weighted by molar-refractivity contribution is 6.51. The summed E-state index contributed by atoms with van der Waals surface area (Å²) in [5, 5.41) is 11.8. The first-order valence-electron chi connectivity index (χ1n) is 11.3. The number of ether oxygens (including phenoxy) is 4. The summed E-state index contributed by atoms with van der Waals surface area (Å²) in [6.45, 7) is 1.92. The van der Waals surface area contributed by atoms with Crippen LogP contribution in [0.25, 0.3) is 5.76 Å². The maximum Gasteiger partial charge on any atom is 0.300 e. The molecule has 1 aliphatic heterocycles. The number of methoxy groups -OCH3 is 4. The summed E-state index contributed by atoms with van der Waals surface area (Å²) in [7, 11) is 5.84. The van der Waals surface area contributed by atoms with E-state index in [1.165, 1.54) is 39.4 Å². The zero-order chi connectivity index (χ0) is 26.9. The summed E-state index contributed by atoms with van der Waals surface area (Å²) in [6.07, 6.45) is 0. The molecular weight excluding hydrogens is 498 g/mol. The third-order valence-electron chi connectivity index (χ3n) is 6.18. The van der Waals surface area contributed by atoms with Gasteiger partial charge in [0.05, 0.1) is 45.6 Å². The Balaban J connectivity index is 2.05. The number of hydrogen-bond acceptors (Lipinski definition) is 7. The van der Waals surface area contributed by atoms with Crippen LogP contribution in [0.3, 0.4) is 0 Å². The summed E-state index contributed by atoms with van der Waals surface area (Å²) < 4.78 is 21.9. The third-order valence-corrected chi connectivity index (χ3v) is 6.41. The van der Waals surface area contributed by atoms with E-state index in [9.17, 15) is 14.7 Å². The van der Waals surface area contributed by atoms with Crippen molar-refractivity contribution in [1.82, 2.24) is 0 Å². The van der Waals surface area contributed by atoms with Gasteiger partial charge in [0, 0.05) is 10.7 Å². The number of aryl methyl sites for hydroxylation is 1. The van der Waals surface area contributed by atoms with Crippen LogP contribution < -0.4 is 23.8 Å². The van der Waals surface area contributed by atoms with E-state index in [1.807, 2.05) is 19.1 Å². The SMILES string of the molecule is COc1ccc(Cl)cc1/C(O)=C1\C(=O)C(=O)N(c2ccc(C)cc2)C1c1cc(OC)c(OC)c(OC)c1. The van der Waals surface area contributed by atoms with Gasteiger partial charge in [0.15, 0.2) is 11.5 Å². The van der Waals surface area contributed by atoms with E-state index in [2.05, 4.69) is 0 Å². The summed E-state index contributed by atoms with van der Waals surface area (Å²) in [5.41, 5.74) is 1.95. The molecule has 1 saturated heterocycles. The van der Waals surface area contributed by atoms with Gasteiger partial charge in [0.1, 0.15) is 11.5 Å². The second-order valence-electron chi connectivity index (χ2n) is 8.31. The first-order valence-corrected chi connectivity index (χ1v) is 11.6.